The van der Waals surface area contributed by atoms with Crippen molar-refractivity contribution >= 4 is 11.0 Å². The largest absolute Gasteiger partial charge is 0.507 e. The first kappa shape index (κ1) is 28.0. The first-order chi connectivity index (χ1) is 28.1. The van der Waals surface area contributed by atoms with Crippen molar-refractivity contribution in [3.63, 3.8) is 0 Å². The van der Waals surface area contributed by atoms with E-state index in [0.29, 0.717) is 33.6 Å². The zero-order valence-electron chi connectivity index (χ0n) is 36.9. The van der Waals surface area contributed by atoms with E-state index in [9.17, 15) is 6.48 Å². The van der Waals surface area contributed by atoms with E-state index in [-0.39, 0.29) is 79.4 Å². The molecule has 0 aliphatic carbocycles. The summed E-state index contributed by atoms with van der Waals surface area (Å²) in [5.41, 5.74) is 7.81. The number of aromatic nitrogens is 3. The fourth-order valence-electron chi connectivity index (χ4n) is 6.44. The third kappa shape index (κ3) is 7.00. The Kier molecular flexibility index (Phi) is 7.63. The summed E-state index contributed by atoms with van der Waals surface area (Å²) in [6.45, 7) is 9.73. The molecule has 2 aromatic heterocycles. The van der Waals surface area contributed by atoms with Gasteiger partial charge in [0.15, 0.2) is 0 Å². The number of phenols is 1. The van der Waals surface area contributed by atoms with Gasteiger partial charge in [-0.3, -0.25) is 9.55 Å². The second-order valence-electron chi connectivity index (χ2n) is 14.0. The summed E-state index contributed by atoms with van der Waals surface area (Å²) < 4.78 is 63.5. The van der Waals surface area contributed by atoms with Gasteiger partial charge >= 0.3 is 0 Å². The predicted octanol–water partition coefficient (Wildman–Crippen LogP) is 12.2. The van der Waals surface area contributed by atoms with E-state index >= 15 is 0 Å². The van der Waals surface area contributed by atoms with E-state index in [1.807, 2.05) is 60.7 Å². The molecule has 6 aromatic carbocycles. The molecular formula is C48H40N3OPt-. The van der Waals surface area contributed by atoms with E-state index in [1.54, 1.807) is 12.1 Å². The minimum absolute atomic E-state index is 0. The Morgan fingerprint density at radius 3 is 2.15 bits per heavy atom. The van der Waals surface area contributed by atoms with Gasteiger partial charge in [0.2, 0.25) is 0 Å². The van der Waals surface area contributed by atoms with Gasteiger partial charge in [-0.15, -0.1) is 29.3 Å². The van der Waals surface area contributed by atoms with Gasteiger partial charge in [-0.05, 0) is 72.3 Å². The average molecular weight is 877 g/mol. The van der Waals surface area contributed by atoms with Crippen molar-refractivity contribution in [2.75, 3.05) is 0 Å². The summed E-state index contributed by atoms with van der Waals surface area (Å²) in [5, 5.41) is 11.3. The van der Waals surface area contributed by atoms with Crippen LogP contribution in [0.15, 0.2) is 146 Å². The number of rotatable bonds is 6. The number of aryl methyl sites for hydroxylation is 1. The SMILES string of the molecule is [2H]c1nc(-c2[c-]c(-c3cccc4c3nc(-c3ccccc3O)n4-c3ccc(C)cc3-c3ccccc3)cc(C(C)(C)C)c2)c([2H])c(-c2c([2H])c([2H])c(C)c([2H])c2[2H])c1[2H].[Pt]. The zero-order chi connectivity index (χ0) is 42.1. The minimum atomic E-state index is -0.472. The minimum Gasteiger partial charge on any atom is -0.507 e. The van der Waals surface area contributed by atoms with Crippen LogP contribution in [0.25, 0.3) is 72.7 Å². The topological polar surface area (TPSA) is 50.9 Å². The van der Waals surface area contributed by atoms with Crippen LogP contribution in [0.2, 0.25) is 0 Å². The van der Waals surface area contributed by atoms with Crippen LogP contribution in [0.5, 0.6) is 5.75 Å². The number of hydrogen-bond donors (Lipinski definition) is 1. The van der Waals surface area contributed by atoms with E-state index in [4.69, 9.17) is 13.2 Å². The molecular weight excluding hydrogens is 830 g/mol. The molecule has 5 heteroatoms. The van der Waals surface area contributed by atoms with Gasteiger partial charge in [-0.25, -0.2) is 4.98 Å². The van der Waals surface area contributed by atoms with Gasteiger partial charge in [0.05, 0.1) is 31.9 Å². The zero-order valence-corrected chi connectivity index (χ0v) is 32.2. The number of hydrogen-bond acceptors (Lipinski definition) is 3. The second-order valence-corrected chi connectivity index (χ2v) is 14.0. The number of aromatic hydroxyl groups is 1. The number of fused-ring (bicyclic) bond motifs is 1. The standard InChI is InChI=1S/C48H40N3O.Pt/c1-31-18-21-33(22-19-31)35-24-25-49-42(30-35)37-27-36(28-38(29-37)48(3,4)5)39-15-11-16-44-46(39)50-47(40-14-9-10-17-45(40)52)51(44)43-23-20-32(2)26-41(43)34-12-7-6-8-13-34;/h6-26,28-30,52H,1-5H3;/q-1;/i18D,19D,21D,22D,24D,25D,30D;. The van der Waals surface area contributed by atoms with Crippen LogP contribution in [-0.2, 0) is 26.5 Å². The number of benzene rings is 6. The van der Waals surface area contributed by atoms with E-state index in [0.717, 1.165) is 33.5 Å². The van der Waals surface area contributed by atoms with Crippen LogP contribution < -0.4 is 0 Å². The molecule has 0 aliphatic heterocycles. The molecule has 1 N–H and O–H groups in total. The molecule has 0 aliphatic rings. The van der Waals surface area contributed by atoms with Crippen molar-refractivity contribution in [2.45, 2.75) is 40.0 Å². The molecule has 4 nitrogen and oxygen atoms in total. The van der Waals surface area contributed by atoms with Gasteiger partial charge in [-0.2, -0.15) is 0 Å². The Morgan fingerprint density at radius 2 is 1.40 bits per heavy atom. The third-order valence-electron chi connectivity index (χ3n) is 9.18. The van der Waals surface area contributed by atoms with Gasteiger partial charge in [0.1, 0.15) is 11.6 Å². The second kappa shape index (κ2) is 14.5. The Balaban J connectivity index is 0.00000544. The Bertz CT molecular complexity index is 2970. The normalized spacial score (nSPS) is 13.3. The number of imidazole rings is 1. The van der Waals surface area contributed by atoms with Crippen molar-refractivity contribution in [3.05, 3.63) is 168 Å². The predicted molar refractivity (Wildman–Crippen MR) is 215 cm³/mol. The van der Waals surface area contributed by atoms with Crippen molar-refractivity contribution in [1.82, 2.24) is 14.5 Å². The quantitative estimate of drug-likeness (QED) is 0.169. The maximum absolute atomic E-state index is 11.3. The van der Waals surface area contributed by atoms with Crippen molar-refractivity contribution < 1.29 is 35.8 Å². The number of phenolic OH excluding ortho intramolecular Hbond substituents is 1. The monoisotopic (exact) mass is 876 g/mol. The first-order valence-electron chi connectivity index (χ1n) is 20.7. The molecule has 0 amide bonds. The van der Waals surface area contributed by atoms with Crippen LogP contribution >= 0.6 is 0 Å². The molecule has 8 rings (SSSR count). The molecule has 53 heavy (non-hydrogen) atoms. The molecule has 2 heterocycles. The molecule has 264 valence electrons. The smallest absolute Gasteiger partial charge is 0.148 e. The summed E-state index contributed by atoms with van der Waals surface area (Å²) in [5.74, 6) is 0.605. The number of pyridine rings is 1. The molecule has 0 bridgehead atoms. The summed E-state index contributed by atoms with van der Waals surface area (Å²) in [6.07, 6.45) is -0.472. The Labute approximate surface area is 336 Å². The summed E-state index contributed by atoms with van der Waals surface area (Å²) in [4.78, 5) is 9.71. The van der Waals surface area contributed by atoms with E-state index in [2.05, 4.69) is 73.6 Å². The molecule has 0 radical (unpaired) electrons. The van der Waals surface area contributed by atoms with Crippen LogP contribution in [0.4, 0.5) is 0 Å². The van der Waals surface area contributed by atoms with Crippen LogP contribution in [0.1, 0.15) is 47.1 Å². The summed E-state index contributed by atoms with van der Waals surface area (Å²) in [7, 11) is 0. The van der Waals surface area contributed by atoms with E-state index < -0.39 is 17.6 Å². The first-order valence-corrected chi connectivity index (χ1v) is 17.2. The van der Waals surface area contributed by atoms with Crippen molar-refractivity contribution in [2.24, 2.45) is 0 Å². The number of nitrogens with zero attached hydrogens (tertiary/aromatic N) is 3. The van der Waals surface area contributed by atoms with Gasteiger partial charge in [-0.1, -0.05) is 134 Å². The maximum Gasteiger partial charge on any atom is 0.148 e. The summed E-state index contributed by atoms with van der Waals surface area (Å²) in [6, 6.07) is 34.7. The summed E-state index contributed by atoms with van der Waals surface area (Å²) >= 11 is 0. The molecule has 0 unspecified atom stereocenters. The Hall–Kier alpha value is -5.57. The molecule has 8 aromatic rings. The molecule has 0 fully saturated rings. The van der Waals surface area contributed by atoms with Gasteiger partial charge < -0.3 is 5.11 Å². The molecule has 0 saturated heterocycles. The number of para-hydroxylation sites is 2. The van der Waals surface area contributed by atoms with Crippen molar-refractivity contribution in [1.29, 1.82) is 0 Å². The van der Waals surface area contributed by atoms with Gasteiger partial charge in [0, 0.05) is 38.5 Å². The van der Waals surface area contributed by atoms with E-state index in [1.165, 1.54) is 6.92 Å². The van der Waals surface area contributed by atoms with Crippen LogP contribution in [-0.4, -0.2) is 19.6 Å². The third-order valence-corrected chi connectivity index (χ3v) is 9.18. The van der Waals surface area contributed by atoms with Crippen molar-refractivity contribution in [3.8, 4) is 67.5 Å². The Morgan fingerprint density at radius 1 is 0.679 bits per heavy atom. The average Bonchev–Trinajstić information content (AvgIpc) is 3.61. The van der Waals surface area contributed by atoms with Gasteiger partial charge in [0.25, 0.3) is 0 Å². The molecule has 0 saturated carbocycles. The fourth-order valence-corrected chi connectivity index (χ4v) is 6.44. The molecule has 0 spiro atoms. The molecule has 0 atom stereocenters. The maximum atomic E-state index is 11.3. The van der Waals surface area contributed by atoms with Crippen LogP contribution in [0.3, 0.4) is 0 Å². The van der Waals surface area contributed by atoms with Crippen LogP contribution in [0, 0.1) is 19.9 Å². The fraction of sp³-hybridized carbons (Fsp3) is 0.125.